The van der Waals surface area contributed by atoms with Crippen molar-refractivity contribution in [3.05, 3.63) is 0 Å². The first-order valence-corrected chi connectivity index (χ1v) is 5.91. The number of ether oxygens (including phenoxy) is 3. The van der Waals surface area contributed by atoms with Crippen molar-refractivity contribution in [2.75, 3.05) is 40.1 Å². The maximum Gasteiger partial charge on any atom is 0.129 e. The van der Waals surface area contributed by atoms with E-state index in [-0.39, 0.29) is 5.78 Å². The molecule has 96 valence electrons. The van der Waals surface area contributed by atoms with E-state index in [0.29, 0.717) is 26.2 Å². The molecule has 0 bridgehead atoms. The Balaban J connectivity index is 2.90. The van der Waals surface area contributed by atoms with Crippen LogP contribution >= 0.6 is 0 Å². The molecule has 0 radical (unpaired) electrons. The van der Waals surface area contributed by atoms with Gasteiger partial charge in [-0.25, -0.2) is 0 Å². The number of Topliss-reactive ketones (excluding diaryl/α,β-unsaturated/α-hetero) is 1. The normalized spacial score (nSPS) is 10.6. The van der Waals surface area contributed by atoms with Crippen LogP contribution in [0.15, 0.2) is 0 Å². The van der Waals surface area contributed by atoms with Gasteiger partial charge in [0.05, 0.1) is 13.2 Å². The van der Waals surface area contributed by atoms with E-state index in [1.807, 2.05) is 0 Å². The summed E-state index contributed by atoms with van der Waals surface area (Å²) in [5.41, 5.74) is 0. The van der Waals surface area contributed by atoms with Crippen molar-refractivity contribution in [2.45, 2.75) is 32.6 Å². The van der Waals surface area contributed by atoms with Crippen LogP contribution in [0.2, 0.25) is 0 Å². The molecule has 0 aliphatic rings. The van der Waals surface area contributed by atoms with Gasteiger partial charge in [-0.1, -0.05) is 0 Å². The van der Waals surface area contributed by atoms with Gasteiger partial charge in [0.15, 0.2) is 0 Å². The Hall–Kier alpha value is -0.450. The molecule has 0 fully saturated rings. The number of methoxy groups -OCH3 is 1. The zero-order valence-electron chi connectivity index (χ0n) is 10.5. The highest BCUT2D eigenvalue weighted by Gasteiger charge is 1.94. The standard InChI is InChI=1S/C12H24O4/c1-12(13)6-3-4-8-15-10-11-16-9-5-7-14-2/h3-11H2,1-2H3. The summed E-state index contributed by atoms with van der Waals surface area (Å²) in [7, 11) is 1.68. The molecule has 0 aliphatic heterocycles. The van der Waals surface area contributed by atoms with E-state index in [2.05, 4.69) is 0 Å². The number of unbranched alkanes of at least 4 members (excludes halogenated alkanes) is 1. The van der Waals surface area contributed by atoms with E-state index in [1.54, 1.807) is 14.0 Å². The lowest BCUT2D eigenvalue weighted by atomic mass is 10.2. The monoisotopic (exact) mass is 232 g/mol. The van der Waals surface area contributed by atoms with Crippen LogP contribution in [0, 0.1) is 0 Å². The Labute approximate surface area is 98.3 Å². The predicted octanol–water partition coefficient (Wildman–Crippen LogP) is 1.82. The van der Waals surface area contributed by atoms with Crippen LogP contribution in [-0.2, 0) is 19.0 Å². The second-order valence-electron chi connectivity index (χ2n) is 3.73. The van der Waals surface area contributed by atoms with Crippen LogP contribution in [0.25, 0.3) is 0 Å². The van der Waals surface area contributed by atoms with Crippen molar-refractivity contribution in [2.24, 2.45) is 0 Å². The van der Waals surface area contributed by atoms with E-state index in [9.17, 15) is 4.79 Å². The van der Waals surface area contributed by atoms with Crippen molar-refractivity contribution in [3.63, 3.8) is 0 Å². The Morgan fingerprint density at radius 3 is 2.06 bits per heavy atom. The number of carbonyl (C=O) groups excluding carboxylic acids is 1. The summed E-state index contributed by atoms with van der Waals surface area (Å²) in [5.74, 6) is 0.251. The molecule has 0 aromatic heterocycles. The summed E-state index contributed by atoms with van der Waals surface area (Å²) in [6, 6.07) is 0. The van der Waals surface area contributed by atoms with Gasteiger partial charge in [-0.05, 0) is 26.2 Å². The average molecular weight is 232 g/mol. The van der Waals surface area contributed by atoms with Gasteiger partial charge in [0, 0.05) is 33.4 Å². The summed E-state index contributed by atoms with van der Waals surface area (Å²) < 4.78 is 15.6. The lowest BCUT2D eigenvalue weighted by Gasteiger charge is -2.05. The van der Waals surface area contributed by atoms with Crippen LogP contribution in [0.3, 0.4) is 0 Å². The average Bonchev–Trinajstić information content (AvgIpc) is 2.25. The van der Waals surface area contributed by atoms with Crippen LogP contribution in [0.1, 0.15) is 32.6 Å². The Morgan fingerprint density at radius 1 is 0.875 bits per heavy atom. The summed E-state index contributed by atoms with van der Waals surface area (Å²) in [6.07, 6.45) is 3.46. The Kier molecular flexibility index (Phi) is 12.3. The first kappa shape index (κ1) is 15.6. The second-order valence-corrected chi connectivity index (χ2v) is 3.73. The minimum absolute atomic E-state index is 0.251. The number of carbonyl (C=O) groups is 1. The van der Waals surface area contributed by atoms with Crippen molar-refractivity contribution in [3.8, 4) is 0 Å². The molecule has 0 atom stereocenters. The van der Waals surface area contributed by atoms with E-state index in [4.69, 9.17) is 14.2 Å². The number of rotatable bonds is 12. The Morgan fingerprint density at radius 2 is 1.50 bits per heavy atom. The van der Waals surface area contributed by atoms with Crippen molar-refractivity contribution in [1.29, 1.82) is 0 Å². The van der Waals surface area contributed by atoms with E-state index in [0.717, 1.165) is 32.5 Å². The van der Waals surface area contributed by atoms with Gasteiger partial charge in [0.1, 0.15) is 5.78 Å². The third-order valence-corrected chi connectivity index (χ3v) is 2.08. The molecule has 0 aromatic rings. The number of ketones is 1. The molecule has 0 rings (SSSR count). The van der Waals surface area contributed by atoms with Crippen molar-refractivity contribution >= 4 is 5.78 Å². The van der Waals surface area contributed by atoms with Crippen molar-refractivity contribution < 1.29 is 19.0 Å². The van der Waals surface area contributed by atoms with Gasteiger partial charge < -0.3 is 19.0 Å². The molecule has 0 spiro atoms. The minimum atomic E-state index is 0.251. The van der Waals surface area contributed by atoms with E-state index >= 15 is 0 Å². The highest BCUT2D eigenvalue weighted by molar-refractivity contribution is 5.75. The molecule has 4 nitrogen and oxygen atoms in total. The maximum absolute atomic E-state index is 10.6. The van der Waals surface area contributed by atoms with Gasteiger partial charge >= 0.3 is 0 Å². The summed E-state index contributed by atoms with van der Waals surface area (Å²) >= 11 is 0. The largest absolute Gasteiger partial charge is 0.385 e. The lowest BCUT2D eigenvalue weighted by molar-refractivity contribution is -0.117. The van der Waals surface area contributed by atoms with Crippen molar-refractivity contribution in [1.82, 2.24) is 0 Å². The maximum atomic E-state index is 10.6. The van der Waals surface area contributed by atoms with Gasteiger partial charge in [0.25, 0.3) is 0 Å². The molecular formula is C12H24O4. The Bertz CT molecular complexity index is 159. The third kappa shape index (κ3) is 13.5. The van der Waals surface area contributed by atoms with Gasteiger partial charge in [0.2, 0.25) is 0 Å². The SMILES string of the molecule is COCCCOCCOCCCCC(C)=O. The van der Waals surface area contributed by atoms with Crippen LogP contribution < -0.4 is 0 Å². The quantitative estimate of drug-likeness (QED) is 0.481. The van der Waals surface area contributed by atoms with Gasteiger partial charge in [-0.2, -0.15) is 0 Å². The van der Waals surface area contributed by atoms with Crippen LogP contribution in [-0.4, -0.2) is 45.9 Å². The summed E-state index contributed by atoms with van der Waals surface area (Å²) in [5, 5.41) is 0. The molecule has 0 aromatic carbocycles. The third-order valence-electron chi connectivity index (χ3n) is 2.08. The first-order chi connectivity index (χ1) is 7.77. The van der Waals surface area contributed by atoms with E-state index < -0.39 is 0 Å². The minimum Gasteiger partial charge on any atom is -0.385 e. The molecule has 0 saturated heterocycles. The molecule has 0 unspecified atom stereocenters. The molecule has 0 N–H and O–H groups in total. The van der Waals surface area contributed by atoms with Gasteiger partial charge in [-0.3, -0.25) is 0 Å². The first-order valence-electron chi connectivity index (χ1n) is 5.91. The zero-order valence-corrected chi connectivity index (χ0v) is 10.5. The van der Waals surface area contributed by atoms with E-state index in [1.165, 1.54) is 0 Å². The summed E-state index contributed by atoms with van der Waals surface area (Å²) in [4.78, 5) is 10.6. The number of hydrogen-bond donors (Lipinski definition) is 0. The number of hydrogen-bond acceptors (Lipinski definition) is 4. The molecule has 0 saturated carbocycles. The smallest absolute Gasteiger partial charge is 0.129 e. The fourth-order valence-electron chi connectivity index (χ4n) is 1.21. The van der Waals surface area contributed by atoms with Crippen LogP contribution in [0.4, 0.5) is 0 Å². The molecule has 0 aliphatic carbocycles. The fraction of sp³-hybridized carbons (Fsp3) is 0.917. The highest BCUT2D eigenvalue weighted by Crippen LogP contribution is 1.96. The lowest BCUT2D eigenvalue weighted by Crippen LogP contribution is -2.07. The van der Waals surface area contributed by atoms with Crippen LogP contribution in [0.5, 0.6) is 0 Å². The molecule has 4 heteroatoms. The topological polar surface area (TPSA) is 44.8 Å². The molecule has 16 heavy (non-hydrogen) atoms. The second kappa shape index (κ2) is 12.6. The fourth-order valence-corrected chi connectivity index (χ4v) is 1.21. The molecular weight excluding hydrogens is 208 g/mol. The summed E-state index contributed by atoms with van der Waals surface area (Å²) in [6.45, 7) is 5.07. The zero-order chi connectivity index (χ0) is 12.1. The molecule has 0 heterocycles. The molecule has 0 amide bonds. The predicted molar refractivity (Wildman–Crippen MR) is 62.7 cm³/mol. The van der Waals surface area contributed by atoms with Gasteiger partial charge in [-0.15, -0.1) is 0 Å². The highest BCUT2D eigenvalue weighted by atomic mass is 16.5.